The van der Waals surface area contributed by atoms with Gasteiger partial charge in [-0.05, 0) is 18.2 Å². The quantitative estimate of drug-likeness (QED) is 0.598. The molecule has 0 heterocycles. The van der Waals surface area contributed by atoms with E-state index >= 15 is 0 Å². The number of anilines is 1. The Morgan fingerprint density at radius 3 is 2.44 bits per heavy atom. The summed E-state index contributed by atoms with van der Waals surface area (Å²) in [6.07, 6.45) is 0. The molecule has 86 valence electrons. The molecule has 0 spiro atoms. The highest BCUT2D eigenvalue weighted by atomic mass is 16.4. The SMILES string of the molecule is N#CC(C#N)=NNc1ccc(C(=O)O)c(C#N)c1. The Balaban J connectivity index is 3.06. The average molecular weight is 239 g/mol. The maximum absolute atomic E-state index is 10.8. The minimum absolute atomic E-state index is 0.0434. The van der Waals surface area contributed by atoms with Gasteiger partial charge in [0.1, 0.15) is 18.2 Å². The molecular formula is C11H5N5O2. The number of carboxylic acids is 1. The summed E-state index contributed by atoms with van der Waals surface area (Å²) < 4.78 is 0. The predicted molar refractivity (Wildman–Crippen MR) is 60.4 cm³/mol. The Bertz CT molecular complexity index is 627. The van der Waals surface area contributed by atoms with E-state index in [0.29, 0.717) is 5.69 Å². The number of nitrogens with one attached hydrogen (secondary N) is 1. The molecule has 2 N–H and O–H groups in total. The molecular weight excluding hydrogens is 234 g/mol. The summed E-state index contributed by atoms with van der Waals surface area (Å²) in [7, 11) is 0. The fourth-order valence-electron chi connectivity index (χ4n) is 1.09. The van der Waals surface area contributed by atoms with Crippen LogP contribution in [-0.4, -0.2) is 16.8 Å². The van der Waals surface area contributed by atoms with E-state index in [-0.39, 0.29) is 16.8 Å². The van der Waals surface area contributed by atoms with Crippen molar-refractivity contribution in [2.24, 2.45) is 5.10 Å². The number of carbonyl (C=O) groups is 1. The lowest BCUT2D eigenvalue weighted by Crippen LogP contribution is -2.02. The van der Waals surface area contributed by atoms with Crippen molar-refractivity contribution in [3.8, 4) is 18.2 Å². The van der Waals surface area contributed by atoms with E-state index in [2.05, 4.69) is 10.5 Å². The largest absolute Gasteiger partial charge is 0.478 e. The fourth-order valence-corrected chi connectivity index (χ4v) is 1.09. The van der Waals surface area contributed by atoms with Gasteiger partial charge in [-0.15, -0.1) is 0 Å². The first-order valence-electron chi connectivity index (χ1n) is 4.53. The Kier molecular flexibility index (Phi) is 3.98. The number of nitriles is 3. The van der Waals surface area contributed by atoms with Gasteiger partial charge in [-0.1, -0.05) is 0 Å². The highest BCUT2D eigenvalue weighted by molar-refractivity contribution is 6.10. The summed E-state index contributed by atoms with van der Waals surface area (Å²) in [4.78, 5) is 10.8. The number of aromatic carboxylic acids is 1. The van der Waals surface area contributed by atoms with Gasteiger partial charge in [0, 0.05) is 0 Å². The molecule has 0 aliphatic carbocycles. The van der Waals surface area contributed by atoms with Gasteiger partial charge in [0.05, 0.1) is 16.8 Å². The van der Waals surface area contributed by atoms with Crippen LogP contribution in [0, 0.1) is 34.0 Å². The van der Waals surface area contributed by atoms with Crippen molar-refractivity contribution >= 4 is 17.4 Å². The van der Waals surface area contributed by atoms with Crippen LogP contribution in [0.4, 0.5) is 5.69 Å². The molecule has 0 radical (unpaired) electrons. The number of hydrogen-bond acceptors (Lipinski definition) is 6. The molecule has 0 saturated carbocycles. The standard InChI is InChI=1S/C11H5N5O2/c12-4-7-3-8(1-2-10(7)11(17)18)15-16-9(5-13)6-14/h1-3,15H,(H,17,18). The molecule has 1 aromatic carbocycles. The molecule has 1 rings (SSSR count). The number of hydrazone groups is 1. The van der Waals surface area contributed by atoms with E-state index in [1.165, 1.54) is 18.2 Å². The van der Waals surface area contributed by atoms with Gasteiger partial charge < -0.3 is 5.11 Å². The van der Waals surface area contributed by atoms with E-state index in [1.54, 1.807) is 18.2 Å². The maximum atomic E-state index is 10.8. The Labute approximate surface area is 102 Å². The second-order valence-electron chi connectivity index (χ2n) is 2.97. The zero-order valence-electron chi connectivity index (χ0n) is 8.88. The molecule has 0 bridgehead atoms. The predicted octanol–water partition coefficient (Wildman–Crippen LogP) is 1.07. The van der Waals surface area contributed by atoms with Crippen molar-refractivity contribution in [3.63, 3.8) is 0 Å². The molecule has 0 aliphatic heterocycles. The normalized spacial score (nSPS) is 8.28. The van der Waals surface area contributed by atoms with E-state index < -0.39 is 5.97 Å². The van der Waals surface area contributed by atoms with Crippen LogP contribution in [-0.2, 0) is 0 Å². The molecule has 0 saturated heterocycles. The number of hydrogen-bond donors (Lipinski definition) is 2. The van der Waals surface area contributed by atoms with E-state index in [0.717, 1.165) is 0 Å². The van der Waals surface area contributed by atoms with E-state index in [4.69, 9.17) is 20.9 Å². The summed E-state index contributed by atoms with van der Waals surface area (Å²) in [5.41, 5.74) is 2.14. The zero-order valence-corrected chi connectivity index (χ0v) is 8.88. The van der Waals surface area contributed by atoms with Crippen LogP contribution in [0.25, 0.3) is 0 Å². The molecule has 0 fully saturated rings. The monoisotopic (exact) mass is 239 g/mol. The number of rotatable bonds is 3. The van der Waals surface area contributed by atoms with Gasteiger partial charge in [-0.25, -0.2) is 4.79 Å². The zero-order chi connectivity index (χ0) is 13.5. The van der Waals surface area contributed by atoms with Gasteiger partial charge in [0.25, 0.3) is 0 Å². The van der Waals surface area contributed by atoms with Gasteiger partial charge >= 0.3 is 5.97 Å². The van der Waals surface area contributed by atoms with Crippen LogP contribution in [0.1, 0.15) is 15.9 Å². The fraction of sp³-hybridized carbons (Fsp3) is 0. The molecule has 18 heavy (non-hydrogen) atoms. The third-order valence-electron chi connectivity index (χ3n) is 1.88. The Morgan fingerprint density at radius 2 is 1.94 bits per heavy atom. The minimum Gasteiger partial charge on any atom is -0.478 e. The van der Waals surface area contributed by atoms with Crippen LogP contribution in [0.5, 0.6) is 0 Å². The van der Waals surface area contributed by atoms with Gasteiger partial charge in [0.15, 0.2) is 0 Å². The first-order chi connectivity index (χ1) is 8.62. The summed E-state index contributed by atoms with van der Waals surface area (Å²) in [5, 5.41) is 37.9. The second-order valence-corrected chi connectivity index (χ2v) is 2.97. The van der Waals surface area contributed by atoms with Gasteiger partial charge in [0.2, 0.25) is 5.71 Å². The van der Waals surface area contributed by atoms with Crippen LogP contribution < -0.4 is 5.43 Å². The van der Waals surface area contributed by atoms with Crippen molar-refractivity contribution < 1.29 is 9.90 Å². The Hall–Kier alpha value is -3.37. The van der Waals surface area contributed by atoms with E-state index in [1.807, 2.05) is 0 Å². The van der Waals surface area contributed by atoms with Crippen molar-refractivity contribution in [3.05, 3.63) is 29.3 Å². The lowest BCUT2D eigenvalue weighted by molar-refractivity contribution is 0.0696. The lowest BCUT2D eigenvalue weighted by atomic mass is 10.1. The van der Waals surface area contributed by atoms with Crippen molar-refractivity contribution in [1.82, 2.24) is 0 Å². The summed E-state index contributed by atoms with van der Waals surface area (Å²) in [6.45, 7) is 0. The van der Waals surface area contributed by atoms with Crippen LogP contribution >= 0.6 is 0 Å². The van der Waals surface area contributed by atoms with Crippen LogP contribution in [0.3, 0.4) is 0 Å². The highest BCUT2D eigenvalue weighted by Crippen LogP contribution is 2.15. The maximum Gasteiger partial charge on any atom is 0.337 e. The smallest absolute Gasteiger partial charge is 0.337 e. The van der Waals surface area contributed by atoms with Crippen molar-refractivity contribution in [2.75, 3.05) is 5.43 Å². The first-order valence-corrected chi connectivity index (χ1v) is 4.53. The molecule has 0 amide bonds. The number of nitrogens with zero attached hydrogens (tertiary/aromatic N) is 4. The highest BCUT2D eigenvalue weighted by Gasteiger charge is 2.10. The number of carboxylic acid groups (broad SMARTS) is 1. The van der Waals surface area contributed by atoms with Crippen LogP contribution in [0.2, 0.25) is 0 Å². The lowest BCUT2D eigenvalue weighted by Gasteiger charge is -2.02. The minimum atomic E-state index is -1.21. The van der Waals surface area contributed by atoms with E-state index in [9.17, 15) is 4.79 Å². The van der Waals surface area contributed by atoms with Crippen molar-refractivity contribution in [2.45, 2.75) is 0 Å². The van der Waals surface area contributed by atoms with Crippen LogP contribution in [0.15, 0.2) is 23.3 Å². The first kappa shape index (κ1) is 12.7. The third kappa shape index (κ3) is 2.82. The molecule has 0 atom stereocenters. The molecule has 0 unspecified atom stereocenters. The molecule has 0 aromatic heterocycles. The average Bonchev–Trinajstić information content (AvgIpc) is 2.39. The molecule has 7 heteroatoms. The van der Waals surface area contributed by atoms with Crippen molar-refractivity contribution in [1.29, 1.82) is 15.8 Å². The molecule has 0 aliphatic rings. The summed E-state index contributed by atoms with van der Waals surface area (Å²) in [5.74, 6) is -1.21. The molecule has 7 nitrogen and oxygen atoms in total. The Morgan fingerprint density at radius 1 is 1.28 bits per heavy atom. The van der Waals surface area contributed by atoms with Gasteiger partial charge in [-0.3, -0.25) is 5.43 Å². The molecule has 1 aromatic rings. The van der Waals surface area contributed by atoms with Gasteiger partial charge in [-0.2, -0.15) is 20.9 Å². The number of benzene rings is 1. The summed E-state index contributed by atoms with van der Waals surface area (Å²) in [6, 6.07) is 8.70. The second kappa shape index (κ2) is 5.64. The summed E-state index contributed by atoms with van der Waals surface area (Å²) >= 11 is 0. The third-order valence-corrected chi connectivity index (χ3v) is 1.88. The topological polar surface area (TPSA) is 133 Å².